The molecule has 6 rings (SSSR count). The Hall–Kier alpha value is -3.67. The summed E-state index contributed by atoms with van der Waals surface area (Å²) in [6.07, 6.45) is 2.75. The van der Waals surface area contributed by atoms with Gasteiger partial charge < -0.3 is 20.0 Å². The maximum atomic E-state index is 11.5. The minimum Gasteiger partial charge on any atom is -0.372 e. The molecule has 3 aliphatic heterocycles. The summed E-state index contributed by atoms with van der Waals surface area (Å²) in [7, 11) is 2.12. The monoisotopic (exact) mass is 495 g/mol. The van der Waals surface area contributed by atoms with E-state index < -0.39 is 0 Å². The normalized spacial score (nSPS) is 23.4. The number of fused-ring (bicyclic) bond motifs is 4. The van der Waals surface area contributed by atoms with Gasteiger partial charge in [0.25, 0.3) is 0 Å². The molecule has 1 amide bonds. The second-order valence-electron chi connectivity index (χ2n) is 10.6. The minimum absolute atomic E-state index is 0.182. The second kappa shape index (κ2) is 9.66. The van der Waals surface area contributed by atoms with Gasteiger partial charge in [-0.15, -0.1) is 0 Å². The number of aromatic nitrogens is 1. The fourth-order valence-corrected chi connectivity index (χ4v) is 6.38. The Morgan fingerprint density at radius 3 is 2.97 bits per heavy atom. The number of pyridine rings is 1. The Kier molecular flexibility index (Phi) is 6.19. The SMILES string of the molecule is CC1CN(c2ccc(C#N)c3ncccc23)CC2c3ccc(N(C)CC4CNCCN4C=O)cc3CN12. The molecule has 3 unspecified atom stereocenters. The van der Waals surface area contributed by atoms with Crippen molar-refractivity contribution in [3.05, 3.63) is 65.4 Å². The van der Waals surface area contributed by atoms with E-state index in [1.807, 2.05) is 17.0 Å². The van der Waals surface area contributed by atoms with E-state index in [2.05, 4.69) is 75.4 Å². The number of rotatable bonds is 5. The number of amides is 1. The highest BCUT2D eigenvalue weighted by Gasteiger charge is 2.39. The standard InChI is InChI=1S/C29H33N7O/c1-20-15-35(27-8-5-21(13-30)29-26(27)4-3-9-32-29)18-28-25-7-6-23(12-22(25)16-36(20)28)33(2)17-24-14-31-10-11-34(24)19-37/h3-9,12,19-20,24,28,31H,10-11,14-18H2,1-2H3. The van der Waals surface area contributed by atoms with Crippen molar-refractivity contribution < 1.29 is 4.79 Å². The van der Waals surface area contributed by atoms with Gasteiger partial charge in [0.1, 0.15) is 6.07 Å². The van der Waals surface area contributed by atoms with Crippen LogP contribution in [0.15, 0.2) is 48.7 Å². The van der Waals surface area contributed by atoms with Gasteiger partial charge in [-0.05, 0) is 54.4 Å². The molecular formula is C29H33N7O. The highest BCUT2D eigenvalue weighted by molar-refractivity contribution is 5.95. The molecule has 0 aliphatic carbocycles. The molecule has 0 bridgehead atoms. The lowest BCUT2D eigenvalue weighted by Crippen LogP contribution is -2.54. The highest BCUT2D eigenvalue weighted by Crippen LogP contribution is 2.42. The van der Waals surface area contributed by atoms with E-state index >= 15 is 0 Å². The molecule has 0 saturated carbocycles. The van der Waals surface area contributed by atoms with E-state index in [-0.39, 0.29) is 6.04 Å². The summed E-state index contributed by atoms with van der Waals surface area (Å²) in [5, 5.41) is 14.0. The van der Waals surface area contributed by atoms with Crippen LogP contribution in [0.4, 0.5) is 11.4 Å². The molecule has 3 aliphatic rings. The van der Waals surface area contributed by atoms with Crippen LogP contribution in [0.2, 0.25) is 0 Å². The lowest BCUT2D eigenvalue weighted by atomic mass is 9.99. The molecule has 1 aromatic heterocycles. The Balaban J connectivity index is 1.25. The Morgan fingerprint density at radius 2 is 2.14 bits per heavy atom. The summed E-state index contributed by atoms with van der Waals surface area (Å²) in [4.78, 5) is 25.3. The summed E-state index contributed by atoms with van der Waals surface area (Å²) >= 11 is 0. The second-order valence-corrected chi connectivity index (χ2v) is 10.6. The quantitative estimate of drug-likeness (QED) is 0.546. The lowest BCUT2D eigenvalue weighted by molar-refractivity contribution is -0.120. The number of likely N-dealkylation sites (N-methyl/N-ethyl adjacent to an activating group) is 1. The fourth-order valence-electron chi connectivity index (χ4n) is 6.38. The zero-order chi connectivity index (χ0) is 25.5. The number of nitrogens with one attached hydrogen (secondary N) is 1. The minimum atomic E-state index is 0.182. The summed E-state index contributed by atoms with van der Waals surface area (Å²) < 4.78 is 0. The highest BCUT2D eigenvalue weighted by atomic mass is 16.1. The van der Waals surface area contributed by atoms with E-state index in [0.29, 0.717) is 17.6 Å². The van der Waals surface area contributed by atoms with Crippen LogP contribution < -0.4 is 15.1 Å². The molecule has 2 saturated heterocycles. The van der Waals surface area contributed by atoms with Crippen molar-refractivity contribution in [3.8, 4) is 6.07 Å². The molecule has 37 heavy (non-hydrogen) atoms. The first-order valence-corrected chi connectivity index (χ1v) is 13.1. The Bertz CT molecular complexity index is 1370. The smallest absolute Gasteiger partial charge is 0.210 e. The van der Waals surface area contributed by atoms with E-state index in [4.69, 9.17) is 0 Å². The molecule has 2 aromatic carbocycles. The first-order chi connectivity index (χ1) is 18.1. The Morgan fingerprint density at radius 1 is 1.24 bits per heavy atom. The van der Waals surface area contributed by atoms with Crippen molar-refractivity contribution in [1.29, 1.82) is 5.26 Å². The summed E-state index contributed by atoms with van der Waals surface area (Å²) in [5.74, 6) is 0. The van der Waals surface area contributed by atoms with E-state index in [9.17, 15) is 10.1 Å². The molecule has 3 atom stereocenters. The number of hydrogen-bond donors (Lipinski definition) is 1. The van der Waals surface area contributed by atoms with Crippen LogP contribution in [0.25, 0.3) is 10.9 Å². The zero-order valence-electron chi connectivity index (χ0n) is 21.5. The number of carbonyl (C=O) groups is 1. The van der Waals surface area contributed by atoms with Gasteiger partial charge in [-0.25, -0.2) is 0 Å². The van der Waals surface area contributed by atoms with Gasteiger partial charge in [-0.1, -0.05) is 6.07 Å². The molecule has 8 heteroatoms. The molecule has 8 nitrogen and oxygen atoms in total. The fraction of sp³-hybridized carbons (Fsp3) is 0.414. The van der Waals surface area contributed by atoms with Gasteiger partial charge in [0, 0.05) is 81.9 Å². The number of nitrogens with zero attached hydrogens (tertiary/aromatic N) is 6. The van der Waals surface area contributed by atoms with Gasteiger partial charge >= 0.3 is 0 Å². The van der Waals surface area contributed by atoms with E-state index in [0.717, 1.165) is 68.8 Å². The van der Waals surface area contributed by atoms with Gasteiger partial charge in [0.05, 0.1) is 23.2 Å². The zero-order valence-corrected chi connectivity index (χ0v) is 21.5. The van der Waals surface area contributed by atoms with Crippen LogP contribution >= 0.6 is 0 Å². The van der Waals surface area contributed by atoms with Crippen LogP contribution in [0.1, 0.15) is 29.7 Å². The molecule has 190 valence electrons. The third-order valence-electron chi connectivity index (χ3n) is 8.35. The predicted molar refractivity (Wildman–Crippen MR) is 146 cm³/mol. The first kappa shape index (κ1) is 23.7. The van der Waals surface area contributed by atoms with E-state index in [1.54, 1.807) is 6.20 Å². The third-order valence-corrected chi connectivity index (χ3v) is 8.35. The van der Waals surface area contributed by atoms with Crippen molar-refractivity contribution in [2.75, 3.05) is 56.1 Å². The molecular weight excluding hydrogens is 462 g/mol. The van der Waals surface area contributed by atoms with Crippen molar-refractivity contribution in [1.82, 2.24) is 20.1 Å². The number of anilines is 2. The third kappa shape index (κ3) is 4.18. The molecule has 0 spiro atoms. The average Bonchev–Trinajstić information content (AvgIpc) is 3.31. The van der Waals surface area contributed by atoms with Gasteiger partial charge in [0.2, 0.25) is 6.41 Å². The van der Waals surface area contributed by atoms with Crippen molar-refractivity contribution >= 4 is 28.7 Å². The lowest BCUT2D eigenvalue weighted by Gasteiger charge is -2.44. The number of carbonyl (C=O) groups excluding carboxylic acids is 1. The predicted octanol–water partition coefficient (Wildman–Crippen LogP) is 2.74. The number of nitriles is 1. The molecule has 0 radical (unpaired) electrons. The maximum Gasteiger partial charge on any atom is 0.210 e. The van der Waals surface area contributed by atoms with Crippen LogP contribution in [-0.4, -0.2) is 79.6 Å². The Labute approximate surface area is 218 Å². The van der Waals surface area contributed by atoms with Crippen LogP contribution in [0.5, 0.6) is 0 Å². The number of benzene rings is 2. The average molecular weight is 496 g/mol. The van der Waals surface area contributed by atoms with Gasteiger partial charge in [0.15, 0.2) is 0 Å². The molecule has 4 heterocycles. The van der Waals surface area contributed by atoms with Crippen molar-refractivity contribution in [3.63, 3.8) is 0 Å². The van der Waals surface area contributed by atoms with E-state index in [1.165, 1.54) is 16.8 Å². The largest absolute Gasteiger partial charge is 0.372 e. The summed E-state index contributed by atoms with van der Waals surface area (Å²) in [6, 6.07) is 18.1. The van der Waals surface area contributed by atoms with Gasteiger partial charge in [-0.3, -0.25) is 14.7 Å². The van der Waals surface area contributed by atoms with Crippen LogP contribution in [0, 0.1) is 11.3 Å². The number of hydrogen-bond acceptors (Lipinski definition) is 7. The van der Waals surface area contributed by atoms with Crippen LogP contribution in [0.3, 0.4) is 0 Å². The number of piperazine rings is 2. The van der Waals surface area contributed by atoms with Gasteiger partial charge in [-0.2, -0.15) is 5.26 Å². The summed E-state index contributed by atoms with van der Waals surface area (Å²) in [6.45, 7) is 8.37. The molecule has 3 aromatic rings. The van der Waals surface area contributed by atoms with Crippen LogP contribution in [-0.2, 0) is 11.3 Å². The maximum absolute atomic E-state index is 11.5. The van der Waals surface area contributed by atoms with Crippen molar-refractivity contribution in [2.45, 2.75) is 31.6 Å². The topological polar surface area (TPSA) is 78.7 Å². The van der Waals surface area contributed by atoms with Crippen molar-refractivity contribution in [2.24, 2.45) is 0 Å². The molecule has 2 fully saturated rings. The first-order valence-electron chi connectivity index (χ1n) is 13.1. The molecule has 1 N–H and O–H groups in total. The summed E-state index contributed by atoms with van der Waals surface area (Å²) in [5.41, 5.74) is 6.54.